The van der Waals surface area contributed by atoms with E-state index in [4.69, 9.17) is 0 Å². The van der Waals surface area contributed by atoms with Crippen molar-refractivity contribution in [3.63, 3.8) is 0 Å². The summed E-state index contributed by atoms with van der Waals surface area (Å²) in [7, 11) is -0.574. The van der Waals surface area contributed by atoms with E-state index in [1.165, 1.54) is 54.0 Å². The Bertz CT molecular complexity index is 710. The molecule has 1 aromatic carbocycles. The Morgan fingerprint density at radius 2 is 2.00 bits per heavy atom. The van der Waals surface area contributed by atoms with E-state index in [9.17, 15) is 13.2 Å². The summed E-state index contributed by atoms with van der Waals surface area (Å²) in [4.78, 5) is 15.7. The maximum atomic E-state index is 12.4. The zero-order chi connectivity index (χ0) is 15.5. The minimum Gasteiger partial charge on any atom is -0.355 e. The number of nitrogens with one attached hydrogen (secondary N) is 1. The molecular formula is C13H15N3O3S2. The number of sulfonamides is 1. The molecule has 112 valence electrons. The van der Waals surface area contributed by atoms with E-state index >= 15 is 0 Å². The van der Waals surface area contributed by atoms with Crippen LogP contribution >= 0.6 is 11.3 Å². The van der Waals surface area contributed by atoms with Crippen LogP contribution in [0.15, 0.2) is 40.1 Å². The molecule has 0 radical (unpaired) electrons. The first-order chi connectivity index (χ1) is 9.95. The van der Waals surface area contributed by atoms with Gasteiger partial charge in [0, 0.05) is 25.0 Å². The van der Waals surface area contributed by atoms with Crippen molar-refractivity contribution in [1.82, 2.24) is 14.6 Å². The molecule has 1 aromatic heterocycles. The normalized spacial score (nSPS) is 11.6. The van der Waals surface area contributed by atoms with Gasteiger partial charge in [0.2, 0.25) is 10.0 Å². The van der Waals surface area contributed by atoms with E-state index in [0.29, 0.717) is 11.3 Å². The second kappa shape index (κ2) is 6.33. The van der Waals surface area contributed by atoms with Crippen LogP contribution in [0.3, 0.4) is 0 Å². The van der Waals surface area contributed by atoms with Crippen molar-refractivity contribution < 1.29 is 13.2 Å². The molecular weight excluding hydrogens is 310 g/mol. The molecule has 0 fully saturated rings. The summed E-state index contributed by atoms with van der Waals surface area (Å²) >= 11 is 1.42. The Labute approximate surface area is 127 Å². The van der Waals surface area contributed by atoms with Gasteiger partial charge in [0.1, 0.15) is 0 Å². The predicted octanol–water partition coefficient (Wildman–Crippen LogP) is 1.32. The number of amides is 1. The molecule has 0 spiro atoms. The predicted molar refractivity (Wildman–Crippen MR) is 80.6 cm³/mol. The summed E-state index contributed by atoms with van der Waals surface area (Å²) in [6.45, 7) is 0.211. The Balaban J connectivity index is 2.20. The topological polar surface area (TPSA) is 79.4 Å². The summed E-state index contributed by atoms with van der Waals surface area (Å²) < 4.78 is 26.1. The van der Waals surface area contributed by atoms with E-state index < -0.39 is 10.0 Å². The van der Waals surface area contributed by atoms with Crippen LogP contribution in [-0.2, 0) is 16.6 Å². The van der Waals surface area contributed by atoms with Gasteiger partial charge in [-0.05, 0) is 24.3 Å². The molecule has 0 aliphatic rings. The first kappa shape index (κ1) is 15.6. The summed E-state index contributed by atoms with van der Waals surface area (Å²) in [5, 5.41) is 4.29. The molecule has 0 saturated heterocycles. The summed E-state index contributed by atoms with van der Waals surface area (Å²) in [6, 6.07) is 5.83. The van der Waals surface area contributed by atoms with Crippen LogP contribution in [0.5, 0.6) is 0 Å². The number of hydrogen-bond donors (Lipinski definition) is 1. The highest BCUT2D eigenvalue weighted by atomic mass is 32.2. The maximum absolute atomic E-state index is 12.4. The molecule has 2 rings (SSSR count). The molecule has 1 N–H and O–H groups in total. The minimum absolute atomic E-state index is 0.146. The zero-order valence-corrected chi connectivity index (χ0v) is 13.2. The van der Waals surface area contributed by atoms with Crippen molar-refractivity contribution in [2.75, 3.05) is 14.1 Å². The van der Waals surface area contributed by atoms with Crippen LogP contribution in [0, 0.1) is 0 Å². The van der Waals surface area contributed by atoms with Crippen molar-refractivity contribution in [2.24, 2.45) is 0 Å². The summed E-state index contributed by atoms with van der Waals surface area (Å²) in [5.41, 5.74) is 2.78. The van der Waals surface area contributed by atoms with Gasteiger partial charge in [0.25, 0.3) is 5.91 Å². The molecule has 21 heavy (non-hydrogen) atoms. The molecule has 1 amide bonds. The highest BCUT2D eigenvalue weighted by molar-refractivity contribution is 7.89. The monoisotopic (exact) mass is 325 g/mol. The van der Waals surface area contributed by atoms with Crippen LogP contribution in [0.25, 0.3) is 0 Å². The molecule has 0 atom stereocenters. The lowest BCUT2D eigenvalue weighted by atomic mass is 10.2. The molecule has 0 aliphatic carbocycles. The molecule has 0 saturated carbocycles. The van der Waals surface area contributed by atoms with Crippen molar-refractivity contribution in [3.05, 3.63) is 46.4 Å². The van der Waals surface area contributed by atoms with Gasteiger partial charge in [-0.3, -0.25) is 4.79 Å². The average molecular weight is 325 g/mol. The Morgan fingerprint density at radius 1 is 1.33 bits per heavy atom. The van der Waals surface area contributed by atoms with Crippen molar-refractivity contribution >= 4 is 27.3 Å². The fraction of sp³-hybridized carbons (Fsp3) is 0.231. The summed E-state index contributed by atoms with van der Waals surface area (Å²) in [6.07, 6.45) is 0. The third-order valence-electron chi connectivity index (χ3n) is 2.92. The quantitative estimate of drug-likeness (QED) is 0.899. The van der Waals surface area contributed by atoms with Crippen molar-refractivity contribution in [3.8, 4) is 0 Å². The highest BCUT2D eigenvalue weighted by Crippen LogP contribution is 2.17. The van der Waals surface area contributed by atoms with Crippen LogP contribution in [0.4, 0.5) is 0 Å². The van der Waals surface area contributed by atoms with Crippen LogP contribution < -0.4 is 5.32 Å². The fourth-order valence-electron chi connectivity index (χ4n) is 1.73. The molecule has 0 bridgehead atoms. The number of benzene rings is 1. The van der Waals surface area contributed by atoms with Crippen molar-refractivity contribution in [1.29, 1.82) is 0 Å². The van der Waals surface area contributed by atoms with Gasteiger partial charge < -0.3 is 5.32 Å². The number of carbonyl (C=O) groups is 1. The number of aromatic nitrogens is 1. The number of hydrogen-bond acceptors (Lipinski definition) is 5. The second-order valence-electron chi connectivity index (χ2n) is 4.34. The Morgan fingerprint density at radius 3 is 2.52 bits per heavy atom. The van der Waals surface area contributed by atoms with Crippen LogP contribution in [0.1, 0.15) is 16.1 Å². The smallest absolute Gasteiger partial charge is 0.251 e. The van der Waals surface area contributed by atoms with Gasteiger partial charge in [-0.15, -0.1) is 11.3 Å². The molecule has 6 nitrogen and oxygen atoms in total. The SMILES string of the molecule is CNC(=O)c1ccc(S(=O)(=O)N(C)Cc2cscn2)cc1. The van der Waals surface area contributed by atoms with E-state index in [0.717, 1.165) is 0 Å². The van der Waals surface area contributed by atoms with Gasteiger partial charge in [-0.2, -0.15) is 4.31 Å². The first-order valence-electron chi connectivity index (χ1n) is 6.10. The lowest BCUT2D eigenvalue weighted by Crippen LogP contribution is -2.26. The minimum atomic E-state index is -3.60. The standard InChI is InChI=1S/C13H15N3O3S2/c1-14-13(17)10-3-5-12(6-4-10)21(18,19)16(2)7-11-8-20-9-15-11/h3-6,8-9H,7H2,1-2H3,(H,14,17). The van der Waals surface area contributed by atoms with E-state index in [2.05, 4.69) is 10.3 Å². The van der Waals surface area contributed by atoms with Gasteiger partial charge >= 0.3 is 0 Å². The van der Waals surface area contributed by atoms with Gasteiger partial charge in [0.05, 0.1) is 22.6 Å². The first-order valence-corrected chi connectivity index (χ1v) is 8.49. The number of carbonyl (C=O) groups excluding carboxylic acids is 1. The number of thiazole rings is 1. The second-order valence-corrected chi connectivity index (χ2v) is 7.11. The molecule has 0 aliphatic heterocycles. The van der Waals surface area contributed by atoms with Gasteiger partial charge in [-0.1, -0.05) is 0 Å². The van der Waals surface area contributed by atoms with Crippen LogP contribution in [0.2, 0.25) is 0 Å². The molecule has 8 heteroatoms. The summed E-state index contributed by atoms with van der Waals surface area (Å²) in [5.74, 6) is -0.255. The molecule has 0 unspecified atom stereocenters. The fourth-order valence-corrected chi connectivity index (χ4v) is 3.42. The zero-order valence-electron chi connectivity index (χ0n) is 11.6. The van der Waals surface area contributed by atoms with Gasteiger partial charge in [0.15, 0.2) is 0 Å². The third-order valence-corrected chi connectivity index (χ3v) is 5.37. The molecule has 2 aromatic rings. The largest absolute Gasteiger partial charge is 0.355 e. The van der Waals surface area contributed by atoms with E-state index in [1.807, 2.05) is 0 Å². The lowest BCUT2D eigenvalue weighted by molar-refractivity contribution is 0.0963. The highest BCUT2D eigenvalue weighted by Gasteiger charge is 2.21. The lowest BCUT2D eigenvalue weighted by Gasteiger charge is -2.16. The Hall–Kier alpha value is -1.77. The van der Waals surface area contributed by atoms with Gasteiger partial charge in [-0.25, -0.2) is 13.4 Å². The number of nitrogens with zero attached hydrogens (tertiary/aromatic N) is 2. The molecule has 1 heterocycles. The number of rotatable bonds is 5. The van der Waals surface area contributed by atoms with Crippen molar-refractivity contribution in [2.45, 2.75) is 11.4 Å². The van der Waals surface area contributed by atoms with E-state index in [1.54, 1.807) is 10.9 Å². The maximum Gasteiger partial charge on any atom is 0.251 e. The third kappa shape index (κ3) is 3.46. The van der Waals surface area contributed by atoms with E-state index in [-0.39, 0.29) is 17.3 Å². The Kier molecular flexibility index (Phi) is 4.71. The average Bonchev–Trinajstić information content (AvgIpc) is 2.99. The van der Waals surface area contributed by atoms with Crippen LogP contribution in [-0.4, -0.2) is 37.7 Å².